The Morgan fingerprint density at radius 2 is 1.36 bits per heavy atom. The van der Waals surface area contributed by atoms with Gasteiger partial charge in [0.15, 0.2) is 0 Å². The van der Waals surface area contributed by atoms with Crippen molar-refractivity contribution in [3.8, 4) is 0 Å². The highest BCUT2D eigenvalue weighted by molar-refractivity contribution is 7.93. The molecule has 1 heterocycles. The highest BCUT2D eigenvalue weighted by Crippen LogP contribution is 2.41. The van der Waals surface area contributed by atoms with E-state index in [1.807, 2.05) is 0 Å². The number of thiophene rings is 1. The molecule has 0 saturated carbocycles. The Bertz CT molecular complexity index is 1700. The van der Waals surface area contributed by atoms with Crippen molar-refractivity contribution in [2.45, 2.75) is 41.9 Å². The van der Waals surface area contributed by atoms with Crippen LogP contribution >= 0.6 is 22.9 Å². The molecule has 0 saturated heterocycles. The topological polar surface area (TPSA) is 101 Å². The molecule has 1 N–H and O–H groups in total. The van der Waals surface area contributed by atoms with Gasteiger partial charge in [-0.1, -0.05) is 54.4 Å². The minimum absolute atomic E-state index is 0.0402. The fourth-order valence-electron chi connectivity index (χ4n) is 4.56. The number of carbonyl (C=O) groups is 1. The third-order valence-corrected chi connectivity index (χ3v) is 11.1. The van der Waals surface area contributed by atoms with Gasteiger partial charge in [-0.3, -0.25) is 9.52 Å². The Balaban J connectivity index is 1.69. The van der Waals surface area contributed by atoms with E-state index in [2.05, 4.69) is 4.72 Å². The molecule has 5 rings (SSSR count). The van der Waals surface area contributed by atoms with Gasteiger partial charge in [0.2, 0.25) is 0 Å². The summed E-state index contributed by atoms with van der Waals surface area (Å²) < 4.78 is 57.8. The van der Waals surface area contributed by atoms with Crippen LogP contribution in [0.25, 0.3) is 0 Å². The van der Waals surface area contributed by atoms with Gasteiger partial charge in [0.1, 0.15) is 5.00 Å². The summed E-state index contributed by atoms with van der Waals surface area (Å²) in [6.07, 6.45) is 3.89. The van der Waals surface area contributed by atoms with Crippen LogP contribution in [0.3, 0.4) is 0 Å². The van der Waals surface area contributed by atoms with E-state index in [0.717, 1.165) is 28.4 Å². The number of rotatable bonds is 7. The molecule has 39 heavy (non-hydrogen) atoms. The first-order valence-electron chi connectivity index (χ1n) is 12.3. The molecule has 0 bridgehead atoms. The number of halogens is 1. The highest BCUT2D eigenvalue weighted by atomic mass is 35.5. The molecule has 202 valence electrons. The van der Waals surface area contributed by atoms with Crippen LogP contribution in [0.15, 0.2) is 94.7 Å². The van der Waals surface area contributed by atoms with Crippen LogP contribution < -0.4 is 9.03 Å². The molecule has 7 nitrogen and oxygen atoms in total. The average Bonchev–Trinajstić information content (AvgIpc) is 3.09. The molecule has 3 aromatic carbocycles. The van der Waals surface area contributed by atoms with E-state index in [9.17, 15) is 21.6 Å². The van der Waals surface area contributed by atoms with Crippen molar-refractivity contribution in [1.29, 1.82) is 0 Å². The first-order chi connectivity index (χ1) is 18.7. The number of carbonyl (C=O) groups excluding carboxylic acids is 1. The summed E-state index contributed by atoms with van der Waals surface area (Å²) in [5.74, 6) is -0.827. The molecule has 0 unspecified atom stereocenters. The number of amides is 1. The Kier molecular flexibility index (Phi) is 7.82. The third-order valence-electron chi connectivity index (χ3n) is 6.44. The zero-order valence-electron chi connectivity index (χ0n) is 20.7. The van der Waals surface area contributed by atoms with Gasteiger partial charge in [-0.05, 0) is 79.8 Å². The lowest BCUT2D eigenvalue weighted by Gasteiger charge is -2.24. The van der Waals surface area contributed by atoms with Gasteiger partial charge in [0.25, 0.3) is 26.0 Å². The number of nitrogens with zero attached hydrogens (tertiary/aromatic N) is 1. The summed E-state index contributed by atoms with van der Waals surface area (Å²) in [5.41, 5.74) is 0.847. The first-order valence-corrected chi connectivity index (χ1v) is 16.4. The molecule has 11 heteroatoms. The van der Waals surface area contributed by atoms with Crippen LogP contribution in [-0.2, 0) is 32.9 Å². The second-order valence-electron chi connectivity index (χ2n) is 9.05. The maximum absolute atomic E-state index is 14.4. The summed E-state index contributed by atoms with van der Waals surface area (Å²) in [5, 5.41) is 0.488. The maximum Gasteiger partial charge on any atom is 0.275 e. The fourth-order valence-corrected chi connectivity index (χ4v) is 8.72. The lowest BCUT2D eigenvalue weighted by atomic mass is 10.0. The molecule has 0 atom stereocenters. The molecule has 4 aromatic rings. The summed E-state index contributed by atoms with van der Waals surface area (Å²) in [6, 6.07) is 21.4. The standard InChI is InChI=1S/C28H25ClN2O5S3/c29-20-16-18-21(19-17-20)31(39(35,36)23-12-6-2-7-13-23)28(32)26-24-14-8-3-9-15-25(24)37-27(26)30-38(33,34)22-10-4-1-5-11-22/h1-2,4-7,10-13,16-19,30H,3,8-9,14-15H2. The summed E-state index contributed by atoms with van der Waals surface area (Å²) in [4.78, 5) is 15.3. The van der Waals surface area contributed by atoms with Crippen LogP contribution in [-0.4, -0.2) is 22.7 Å². The maximum atomic E-state index is 14.4. The second kappa shape index (κ2) is 11.1. The van der Waals surface area contributed by atoms with Crippen molar-refractivity contribution in [1.82, 2.24) is 0 Å². The zero-order chi connectivity index (χ0) is 27.6. The normalized spacial score (nSPS) is 13.8. The number of aryl methyl sites for hydroxylation is 1. The van der Waals surface area contributed by atoms with Gasteiger partial charge < -0.3 is 0 Å². The van der Waals surface area contributed by atoms with E-state index in [1.165, 1.54) is 59.9 Å². The van der Waals surface area contributed by atoms with E-state index < -0.39 is 26.0 Å². The minimum atomic E-state index is -4.37. The van der Waals surface area contributed by atoms with Crippen LogP contribution in [0.5, 0.6) is 0 Å². The van der Waals surface area contributed by atoms with Crippen molar-refractivity contribution in [2.24, 2.45) is 0 Å². The minimum Gasteiger partial charge on any atom is -0.270 e. The Hall–Kier alpha value is -3.18. The smallest absolute Gasteiger partial charge is 0.270 e. The van der Waals surface area contributed by atoms with E-state index in [-0.39, 0.29) is 26.0 Å². The Labute approximate surface area is 237 Å². The van der Waals surface area contributed by atoms with Gasteiger partial charge in [0, 0.05) is 9.90 Å². The number of anilines is 2. The number of hydrogen-bond acceptors (Lipinski definition) is 6. The summed E-state index contributed by atoms with van der Waals surface area (Å²) in [7, 11) is -8.41. The average molecular weight is 601 g/mol. The fraction of sp³-hybridized carbons (Fsp3) is 0.179. The molecule has 0 aliphatic heterocycles. The lowest BCUT2D eigenvalue weighted by Crippen LogP contribution is -2.37. The predicted octanol–water partition coefficient (Wildman–Crippen LogP) is 6.51. The molecular weight excluding hydrogens is 576 g/mol. The van der Waals surface area contributed by atoms with Crippen LogP contribution in [0.4, 0.5) is 10.7 Å². The zero-order valence-corrected chi connectivity index (χ0v) is 23.9. The third kappa shape index (κ3) is 5.60. The largest absolute Gasteiger partial charge is 0.275 e. The number of benzene rings is 3. The van der Waals surface area contributed by atoms with Crippen LogP contribution in [0.2, 0.25) is 5.02 Å². The van der Waals surface area contributed by atoms with Crippen molar-refractivity contribution in [3.05, 3.63) is 106 Å². The Morgan fingerprint density at radius 3 is 2.00 bits per heavy atom. The summed E-state index contributed by atoms with van der Waals surface area (Å²) >= 11 is 7.26. The number of sulfonamides is 2. The molecule has 1 aliphatic rings. The van der Waals surface area contributed by atoms with Crippen LogP contribution in [0.1, 0.15) is 40.1 Å². The molecule has 1 aliphatic carbocycles. The number of nitrogens with one attached hydrogen (secondary N) is 1. The van der Waals surface area contributed by atoms with E-state index in [4.69, 9.17) is 11.6 Å². The molecule has 1 aromatic heterocycles. The number of hydrogen-bond donors (Lipinski definition) is 1. The quantitative estimate of drug-likeness (QED) is 0.244. The van der Waals surface area contributed by atoms with Gasteiger partial charge in [0.05, 0.1) is 21.0 Å². The van der Waals surface area contributed by atoms with Crippen molar-refractivity contribution < 1.29 is 21.6 Å². The van der Waals surface area contributed by atoms with Crippen molar-refractivity contribution >= 4 is 59.6 Å². The van der Waals surface area contributed by atoms with E-state index in [0.29, 0.717) is 23.4 Å². The van der Waals surface area contributed by atoms with Crippen molar-refractivity contribution in [2.75, 3.05) is 9.03 Å². The lowest BCUT2D eigenvalue weighted by molar-refractivity contribution is 0.101. The van der Waals surface area contributed by atoms with Crippen LogP contribution in [0, 0.1) is 0 Å². The molecule has 1 amide bonds. The summed E-state index contributed by atoms with van der Waals surface area (Å²) in [6.45, 7) is 0. The molecule has 0 fully saturated rings. The monoisotopic (exact) mass is 600 g/mol. The Morgan fingerprint density at radius 1 is 0.769 bits per heavy atom. The van der Waals surface area contributed by atoms with E-state index >= 15 is 0 Å². The molecule has 0 spiro atoms. The van der Waals surface area contributed by atoms with E-state index in [1.54, 1.807) is 36.4 Å². The van der Waals surface area contributed by atoms with Crippen molar-refractivity contribution in [3.63, 3.8) is 0 Å². The SMILES string of the molecule is O=C(c1c(NS(=O)(=O)c2ccccc2)sc2c1CCCCC2)N(c1ccc(Cl)cc1)S(=O)(=O)c1ccccc1. The first kappa shape index (κ1) is 27.4. The number of fused-ring (bicyclic) bond motifs is 1. The highest BCUT2D eigenvalue weighted by Gasteiger charge is 2.37. The van der Waals surface area contributed by atoms with Gasteiger partial charge in [-0.25, -0.2) is 16.8 Å². The second-order valence-corrected chi connectivity index (χ2v) is 14.1. The predicted molar refractivity (Wildman–Crippen MR) is 155 cm³/mol. The van der Waals surface area contributed by atoms with Gasteiger partial charge >= 0.3 is 0 Å². The molecular formula is C28H25ClN2O5S3. The van der Waals surface area contributed by atoms with Gasteiger partial charge in [-0.2, -0.15) is 4.31 Å². The molecule has 0 radical (unpaired) electrons. The van der Waals surface area contributed by atoms with Gasteiger partial charge in [-0.15, -0.1) is 11.3 Å².